The van der Waals surface area contributed by atoms with E-state index < -0.39 is 0 Å². The summed E-state index contributed by atoms with van der Waals surface area (Å²) in [4.78, 5) is 16.4. The molecule has 4 aromatic rings. The molecule has 32 heavy (non-hydrogen) atoms. The molecule has 0 bridgehead atoms. The lowest BCUT2D eigenvalue weighted by Crippen LogP contribution is -2.34. The van der Waals surface area contributed by atoms with E-state index in [1.807, 2.05) is 68.4 Å². The summed E-state index contributed by atoms with van der Waals surface area (Å²) in [6.07, 6.45) is 1.70. The molecule has 0 unspecified atom stereocenters. The number of hydrogen-bond donors (Lipinski definition) is 2. The molecule has 0 fully saturated rings. The Morgan fingerprint density at radius 3 is 2.34 bits per heavy atom. The normalized spacial score (nSPS) is 10.9. The summed E-state index contributed by atoms with van der Waals surface area (Å²) in [6.45, 7) is 3.83. The van der Waals surface area contributed by atoms with Gasteiger partial charge in [-0.05, 0) is 61.0 Å². The Morgan fingerprint density at radius 1 is 0.875 bits per heavy atom. The van der Waals surface area contributed by atoms with Crippen LogP contribution in [0.2, 0.25) is 0 Å². The van der Waals surface area contributed by atoms with E-state index in [0.29, 0.717) is 23.0 Å². The first-order chi connectivity index (χ1) is 15.5. The predicted octanol–water partition coefficient (Wildman–Crippen LogP) is 5.73. The minimum Gasteiger partial charge on any atom is -0.493 e. The van der Waals surface area contributed by atoms with Crippen molar-refractivity contribution in [2.45, 2.75) is 19.9 Å². The molecule has 0 saturated carbocycles. The highest BCUT2D eigenvalue weighted by molar-refractivity contribution is 5.94. The Morgan fingerprint density at radius 2 is 1.59 bits per heavy atom. The number of nitrogens with zero attached hydrogens (tertiary/aromatic N) is 1. The second kappa shape index (κ2) is 9.01. The third kappa shape index (κ3) is 4.51. The summed E-state index contributed by atoms with van der Waals surface area (Å²) in [5.41, 5.74) is 1.47. The van der Waals surface area contributed by atoms with Crippen LogP contribution in [0.1, 0.15) is 13.8 Å². The van der Waals surface area contributed by atoms with Crippen molar-refractivity contribution >= 4 is 33.4 Å². The van der Waals surface area contributed by atoms with Crippen molar-refractivity contribution in [1.82, 2.24) is 10.3 Å². The van der Waals surface area contributed by atoms with Crippen LogP contribution in [0.4, 0.5) is 10.5 Å². The molecule has 1 aromatic heterocycles. The van der Waals surface area contributed by atoms with E-state index >= 15 is 0 Å². The topological polar surface area (TPSA) is 81.7 Å². The fourth-order valence-electron chi connectivity index (χ4n) is 3.46. The van der Waals surface area contributed by atoms with Crippen molar-refractivity contribution in [2.24, 2.45) is 0 Å². The number of pyridine rings is 1. The van der Waals surface area contributed by atoms with Gasteiger partial charge < -0.3 is 24.8 Å². The molecule has 0 atom stereocenters. The number of amides is 2. The average molecular weight is 431 g/mol. The molecule has 2 N–H and O–H groups in total. The second-order valence-corrected chi connectivity index (χ2v) is 7.61. The number of carbonyl (C=O) groups is 1. The average Bonchev–Trinajstić information content (AvgIpc) is 2.77. The number of rotatable bonds is 6. The van der Waals surface area contributed by atoms with Crippen LogP contribution in [0.5, 0.6) is 23.0 Å². The fourth-order valence-corrected chi connectivity index (χ4v) is 3.46. The molecule has 7 heteroatoms. The van der Waals surface area contributed by atoms with Crippen LogP contribution in [0, 0.1) is 0 Å². The Bertz CT molecular complexity index is 1290. The third-order valence-corrected chi connectivity index (χ3v) is 4.92. The van der Waals surface area contributed by atoms with Crippen LogP contribution in [-0.2, 0) is 0 Å². The highest BCUT2D eigenvalue weighted by Gasteiger charge is 2.12. The molecule has 0 spiro atoms. The van der Waals surface area contributed by atoms with Gasteiger partial charge in [-0.1, -0.05) is 12.1 Å². The zero-order chi connectivity index (χ0) is 22.7. The minimum atomic E-state index is -0.226. The molecular weight excluding hydrogens is 406 g/mol. The predicted molar refractivity (Wildman–Crippen MR) is 126 cm³/mol. The summed E-state index contributed by atoms with van der Waals surface area (Å²) in [5, 5.41) is 8.47. The summed E-state index contributed by atoms with van der Waals surface area (Å²) in [7, 11) is 3.19. The van der Waals surface area contributed by atoms with E-state index in [0.717, 1.165) is 27.4 Å². The lowest BCUT2D eigenvalue weighted by molar-refractivity contribution is 0.250. The number of ether oxygens (including phenoxy) is 3. The second-order valence-electron chi connectivity index (χ2n) is 7.61. The highest BCUT2D eigenvalue weighted by Crippen LogP contribution is 2.37. The van der Waals surface area contributed by atoms with Gasteiger partial charge in [-0.2, -0.15) is 0 Å². The van der Waals surface area contributed by atoms with E-state index in [9.17, 15) is 4.79 Å². The smallest absolute Gasteiger partial charge is 0.319 e. The number of carbonyl (C=O) groups excluding carboxylic acids is 1. The Labute approximate surface area is 186 Å². The molecular formula is C25H25N3O4. The van der Waals surface area contributed by atoms with Crippen molar-refractivity contribution in [3.8, 4) is 23.0 Å². The lowest BCUT2D eigenvalue weighted by atomic mass is 10.1. The number of benzene rings is 3. The monoisotopic (exact) mass is 431 g/mol. The molecule has 7 nitrogen and oxygen atoms in total. The van der Waals surface area contributed by atoms with Crippen LogP contribution in [0.15, 0.2) is 60.8 Å². The van der Waals surface area contributed by atoms with Gasteiger partial charge >= 0.3 is 6.03 Å². The zero-order valence-corrected chi connectivity index (χ0v) is 18.4. The quantitative estimate of drug-likeness (QED) is 0.408. The van der Waals surface area contributed by atoms with Crippen molar-refractivity contribution in [2.75, 3.05) is 19.5 Å². The van der Waals surface area contributed by atoms with Gasteiger partial charge in [0.05, 0.1) is 19.7 Å². The highest BCUT2D eigenvalue weighted by atomic mass is 16.5. The van der Waals surface area contributed by atoms with Gasteiger partial charge in [0.25, 0.3) is 0 Å². The van der Waals surface area contributed by atoms with Gasteiger partial charge in [0.15, 0.2) is 11.5 Å². The molecule has 4 rings (SSSR count). The maximum Gasteiger partial charge on any atom is 0.319 e. The van der Waals surface area contributed by atoms with Crippen LogP contribution < -0.4 is 24.8 Å². The minimum absolute atomic E-state index is 0.0699. The summed E-state index contributed by atoms with van der Waals surface area (Å²) in [6, 6.07) is 16.9. The third-order valence-electron chi connectivity index (χ3n) is 4.92. The fraction of sp³-hybridized carbons (Fsp3) is 0.200. The standard InChI is InChI=1S/C25H25N3O4/c1-15(2)27-25(29)28-18-7-5-17-12-19(8-6-16(17)11-18)32-22-9-10-26-21-14-24(31-4)23(30-3)13-20(21)22/h5-15H,1-4H3,(H2,27,28,29). The molecule has 0 saturated heterocycles. The maximum atomic E-state index is 11.9. The van der Waals surface area contributed by atoms with Gasteiger partial charge in [0, 0.05) is 29.4 Å². The first kappa shape index (κ1) is 21.2. The molecule has 0 aliphatic rings. The van der Waals surface area contributed by atoms with E-state index in [1.54, 1.807) is 20.4 Å². The molecule has 0 aliphatic heterocycles. The van der Waals surface area contributed by atoms with Crippen LogP contribution in [0.3, 0.4) is 0 Å². The number of urea groups is 1. The van der Waals surface area contributed by atoms with Crippen molar-refractivity contribution < 1.29 is 19.0 Å². The van der Waals surface area contributed by atoms with Crippen molar-refractivity contribution in [3.05, 3.63) is 60.8 Å². The number of methoxy groups -OCH3 is 2. The van der Waals surface area contributed by atoms with E-state index in [1.165, 1.54) is 0 Å². The lowest BCUT2D eigenvalue weighted by Gasteiger charge is -2.13. The summed E-state index contributed by atoms with van der Waals surface area (Å²) < 4.78 is 17.0. The Kier molecular flexibility index (Phi) is 5.98. The SMILES string of the molecule is COc1cc2nccc(Oc3ccc4cc(NC(=O)NC(C)C)ccc4c3)c2cc1OC. The largest absolute Gasteiger partial charge is 0.493 e. The Balaban J connectivity index is 1.61. The van der Waals surface area contributed by atoms with Crippen molar-refractivity contribution in [3.63, 3.8) is 0 Å². The molecule has 1 heterocycles. The van der Waals surface area contributed by atoms with E-state index in [4.69, 9.17) is 14.2 Å². The molecule has 0 aliphatic carbocycles. The first-order valence-electron chi connectivity index (χ1n) is 10.3. The summed E-state index contributed by atoms with van der Waals surface area (Å²) in [5.74, 6) is 2.58. The van der Waals surface area contributed by atoms with Crippen LogP contribution >= 0.6 is 0 Å². The number of nitrogens with one attached hydrogen (secondary N) is 2. The van der Waals surface area contributed by atoms with Crippen LogP contribution in [0.25, 0.3) is 21.7 Å². The van der Waals surface area contributed by atoms with Crippen LogP contribution in [-0.4, -0.2) is 31.3 Å². The number of fused-ring (bicyclic) bond motifs is 2. The zero-order valence-electron chi connectivity index (χ0n) is 18.4. The first-order valence-corrected chi connectivity index (χ1v) is 10.3. The number of aromatic nitrogens is 1. The van der Waals surface area contributed by atoms with E-state index in [2.05, 4.69) is 15.6 Å². The number of anilines is 1. The molecule has 2 amide bonds. The maximum absolute atomic E-state index is 11.9. The Hall–Kier alpha value is -4.00. The van der Waals surface area contributed by atoms with Gasteiger partial charge in [-0.15, -0.1) is 0 Å². The van der Waals surface area contributed by atoms with Crippen molar-refractivity contribution in [1.29, 1.82) is 0 Å². The van der Waals surface area contributed by atoms with Gasteiger partial charge in [0.1, 0.15) is 11.5 Å². The van der Waals surface area contributed by atoms with E-state index in [-0.39, 0.29) is 12.1 Å². The molecule has 164 valence electrons. The summed E-state index contributed by atoms with van der Waals surface area (Å²) >= 11 is 0. The molecule has 3 aromatic carbocycles. The van der Waals surface area contributed by atoms with Gasteiger partial charge in [-0.3, -0.25) is 4.98 Å². The molecule has 0 radical (unpaired) electrons. The van der Waals surface area contributed by atoms with Gasteiger partial charge in [0.2, 0.25) is 0 Å². The van der Waals surface area contributed by atoms with Gasteiger partial charge in [-0.25, -0.2) is 4.79 Å². The number of hydrogen-bond acceptors (Lipinski definition) is 5.